The van der Waals surface area contributed by atoms with Gasteiger partial charge in [-0.05, 0) is 69.5 Å². The molecule has 0 radical (unpaired) electrons. The van der Waals surface area contributed by atoms with E-state index >= 15 is 0 Å². The first-order valence-electron chi connectivity index (χ1n) is 6.11. The molecule has 0 heterocycles. The number of nitrogens with two attached hydrogens (primary N) is 1. The summed E-state index contributed by atoms with van der Waals surface area (Å²) in [5, 5.41) is 0.701. The summed E-state index contributed by atoms with van der Waals surface area (Å²) in [6, 6.07) is 13.5. The van der Waals surface area contributed by atoms with Crippen LogP contribution in [0.4, 0.5) is 0 Å². The summed E-state index contributed by atoms with van der Waals surface area (Å²) >= 11 is 5.93. The van der Waals surface area contributed by atoms with Crippen molar-refractivity contribution in [2.45, 2.75) is 24.7 Å². The molecule has 20 heavy (non-hydrogen) atoms. The number of ether oxygens (including phenoxy) is 1. The minimum absolute atomic E-state index is 0.455. The Morgan fingerprint density at radius 1 is 1.20 bits per heavy atom. The van der Waals surface area contributed by atoms with Gasteiger partial charge in [0.15, 0.2) is 0 Å². The predicted molar refractivity (Wildman–Crippen MR) is 86.1 cm³/mol. The van der Waals surface area contributed by atoms with Gasteiger partial charge in [-0.3, -0.25) is 0 Å². The van der Waals surface area contributed by atoms with Crippen LogP contribution in [0.5, 0.6) is 0 Å². The quantitative estimate of drug-likeness (QED) is 0.779. The summed E-state index contributed by atoms with van der Waals surface area (Å²) in [6.07, 6.45) is -0.464. The van der Waals surface area contributed by atoms with Gasteiger partial charge in [0.05, 0.1) is 6.61 Å². The Morgan fingerprint density at radius 2 is 1.90 bits per heavy atom. The molecule has 0 saturated carbocycles. The molecule has 5 heteroatoms. The Hall–Kier alpha value is -0.710. The minimum atomic E-state index is -0.464. The fraction of sp³-hybridized carbons (Fsp3) is 0.200. The molecule has 0 fully saturated rings. The third kappa shape index (κ3) is 4.14. The molecule has 0 spiro atoms. The van der Waals surface area contributed by atoms with Gasteiger partial charge >= 0.3 is 0 Å². The standard InChI is InChI=1S/C15H15Cl2NOS/c1-10-8-12(16)4-7-14(10)15(18)19-9-11-2-5-13(20-17)6-3-11/h2-8,15H,9,18H2,1H3. The highest BCUT2D eigenvalue weighted by atomic mass is 35.7. The second-order valence-corrected chi connectivity index (χ2v) is 5.98. The van der Waals surface area contributed by atoms with E-state index in [1.807, 2.05) is 49.4 Å². The van der Waals surface area contributed by atoms with Gasteiger partial charge in [-0.15, -0.1) is 0 Å². The van der Waals surface area contributed by atoms with Crippen molar-refractivity contribution in [3.63, 3.8) is 0 Å². The Morgan fingerprint density at radius 3 is 2.50 bits per heavy atom. The molecule has 2 aromatic rings. The zero-order chi connectivity index (χ0) is 14.5. The van der Waals surface area contributed by atoms with Crippen molar-refractivity contribution >= 4 is 33.3 Å². The SMILES string of the molecule is Cc1cc(Cl)ccc1C(N)OCc1ccc(SCl)cc1. The van der Waals surface area contributed by atoms with Crippen molar-refractivity contribution in [3.05, 3.63) is 64.2 Å². The van der Waals surface area contributed by atoms with Gasteiger partial charge in [0.25, 0.3) is 0 Å². The van der Waals surface area contributed by atoms with Gasteiger partial charge in [-0.2, -0.15) is 0 Å². The van der Waals surface area contributed by atoms with E-state index in [2.05, 4.69) is 0 Å². The van der Waals surface area contributed by atoms with Crippen molar-refractivity contribution in [3.8, 4) is 0 Å². The first kappa shape index (κ1) is 15.7. The number of benzene rings is 2. The van der Waals surface area contributed by atoms with Crippen LogP contribution >= 0.6 is 33.3 Å². The lowest BCUT2D eigenvalue weighted by Crippen LogP contribution is -2.15. The molecule has 0 saturated heterocycles. The number of rotatable bonds is 5. The number of aryl methyl sites for hydroxylation is 1. The summed E-state index contributed by atoms with van der Waals surface area (Å²) in [7, 11) is 6.87. The monoisotopic (exact) mass is 327 g/mol. The zero-order valence-corrected chi connectivity index (χ0v) is 13.3. The van der Waals surface area contributed by atoms with Crippen molar-refractivity contribution in [2.24, 2.45) is 5.73 Å². The molecule has 2 aromatic carbocycles. The maximum atomic E-state index is 6.06. The molecule has 0 aliphatic rings. The van der Waals surface area contributed by atoms with E-state index in [9.17, 15) is 0 Å². The predicted octanol–water partition coefficient (Wildman–Crippen LogP) is 5.07. The Balaban J connectivity index is 1.98. The highest BCUT2D eigenvalue weighted by molar-refractivity contribution is 8.21. The van der Waals surface area contributed by atoms with Crippen molar-refractivity contribution in [2.75, 3.05) is 0 Å². The lowest BCUT2D eigenvalue weighted by Gasteiger charge is -2.16. The second-order valence-electron chi connectivity index (χ2n) is 4.45. The molecule has 0 amide bonds. The van der Waals surface area contributed by atoms with E-state index in [0.717, 1.165) is 21.6 Å². The maximum Gasteiger partial charge on any atom is 0.132 e. The first-order chi connectivity index (χ1) is 9.60. The van der Waals surface area contributed by atoms with E-state index < -0.39 is 6.23 Å². The van der Waals surface area contributed by atoms with E-state index in [0.29, 0.717) is 11.6 Å². The maximum absolute atomic E-state index is 6.06. The molecule has 0 aromatic heterocycles. The van der Waals surface area contributed by atoms with Crippen LogP contribution in [-0.4, -0.2) is 0 Å². The molecular formula is C15H15Cl2NOS. The largest absolute Gasteiger partial charge is 0.355 e. The lowest BCUT2D eigenvalue weighted by atomic mass is 10.1. The Labute approximate surface area is 132 Å². The van der Waals surface area contributed by atoms with Gasteiger partial charge in [0.1, 0.15) is 6.23 Å². The van der Waals surface area contributed by atoms with E-state index in [4.69, 9.17) is 32.8 Å². The van der Waals surface area contributed by atoms with Crippen molar-refractivity contribution in [1.82, 2.24) is 0 Å². The average molecular weight is 328 g/mol. The fourth-order valence-electron chi connectivity index (χ4n) is 1.87. The van der Waals surface area contributed by atoms with Crippen LogP contribution in [0.3, 0.4) is 0 Å². The van der Waals surface area contributed by atoms with E-state index in [-0.39, 0.29) is 0 Å². The molecule has 0 aliphatic carbocycles. The van der Waals surface area contributed by atoms with Crippen LogP contribution in [0, 0.1) is 6.92 Å². The molecular weight excluding hydrogens is 313 g/mol. The molecule has 106 valence electrons. The second kappa shape index (κ2) is 7.34. The van der Waals surface area contributed by atoms with Crippen LogP contribution in [0.15, 0.2) is 47.4 Å². The molecule has 2 N–H and O–H groups in total. The van der Waals surface area contributed by atoms with Gasteiger partial charge in [0, 0.05) is 9.92 Å². The highest BCUT2D eigenvalue weighted by Crippen LogP contribution is 2.24. The molecule has 2 rings (SSSR count). The molecule has 1 atom stereocenters. The smallest absolute Gasteiger partial charge is 0.132 e. The third-order valence-electron chi connectivity index (χ3n) is 2.98. The van der Waals surface area contributed by atoms with Crippen molar-refractivity contribution in [1.29, 1.82) is 0 Å². The van der Waals surface area contributed by atoms with Crippen LogP contribution in [0.25, 0.3) is 0 Å². The summed E-state index contributed by atoms with van der Waals surface area (Å²) < 4.78 is 5.70. The highest BCUT2D eigenvalue weighted by Gasteiger charge is 2.09. The lowest BCUT2D eigenvalue weighted by molar-refractivity contribution is 0.0437. The molecule has 2 nitrogen and oxygen atoms in total. The minimum Gasteiger partial charge on any atom is -0.355 e. The number of hydrogen-bond donors (Lipinski definition) is 1. The number of halogens is 2. The van der Waals surface area contributed by atoms with Gasteiger partial charge < -0.3 is 10.5 Å². The topological polar surface area (TPSA) is 35.2 Å². The average Bonchev–Trinajstić information content (AvgIpc) is 2.45. The van der Waals surface area contributed by atoms with Gasteiger partial charge in [0.2, 0.25) is 0 Å². The summed E-state index contributed by atoms with van der Waals surface area (Å²) in [5.74, 6) is 0. The fourth-order valence-corrected chi connectivity index (χ4v) is 2.65. The van der Waals surface area contributed by atoms with Crippen LogP contribution in [0.1, 0.15) is 22.9 Å². The summed E-state index contributed by atoms with van der Waals surface area (Å²) in [6.45, 7) is 2.42. The summed E-state index contributed by atoms with van der Waals surface area (Å²) in [5.41, 5.74) is 9.09. The third-order valence-corrected chi connectivity index (χ3v) is 4.20. The van der Waals surface area contributed by atoms with Crippen molar-refractivity contribution < 1.29 is 4.74 Å². The van der Waals surface area contributed by atoms with Crippen LogP contribution in [0.2, 0.25) is 5.02 Å². The first-order valence-corrected chi connectivity index (χ1v) is 8.13. The molecule has 1 unspecified atom stereocenters. The molecule has 0 aliphatic heterocycles. The Bertz CT molecular complexity index is 575. The van der Waals surface area contributed by atoms with Crippen LogP contribution < -0.4 is 5.73 Å². The zero-order valence-electron chi connectivity index (χ0n) is 11.0. The van der Waals surface area contributed by atoms with E-state index in [1.54, 1.807) is 0 Å². The van der Waals surface area contributed by atoms with E-state index in [1.165, 1.54) is 11.0 Å². The molecule has 0 bridgehead atoms. The van der Waals surface area contributed by atoms with Crippen LogP contribution in [-0.2, 0) is 11.3 Å². The normalized spacial score (nSPS) is 12.4. The van der Waals surface area contributed by atoms with Gasteiger partial charge in [-0.25, -0.2) is 0 Å². The Kier molecular flexibility index (Phi) is 5.75. The summed E-state index contributed by atoms with van der Waals surface area (Å²) in [4.78, 5) is 1.01. The van der Waals surface area contributed by atoms with Gasteiger partial charge in [-0.1, -0.05) is 29.8 Å². The number of hydrogen-bond acceptors (Lipinski definition) is 3.